The molecule has 0 fully saturated rings. The van der Waals surface area contributed by atoms with E-state index in [1.165, 1.54) is 6.07 Å². The minimum Gasteiger partial charge on any atom is -0.486 e. The molecule has 3 nitrogen and oxygen atoms in total. The number of aryl methyl sites for hydroxylation is 1. The molecule has 2 rings (SSSR count). The Bertz CT molecular complexity index is 596. The van der Waals surface area contributed by atoms with Crippen LogP contribution in [-0.2, 0) is 13.2 Å². The maximum Gasteiger partial charge on any atom is 0.162 e. The Balaban J connectivity index is 1.93. The zero-order valence-electron chi connectivity index (χ0n) is 12.2. The summed E-state index contributed by atoms with van der Waals surface area (Å²) in [5.41, 5.74) is 1.08. The highest BCUT2D eigenvalue weighted by molar-refractivity contribution is 5.25. The Hall–Kier alpha value is -1.88. The fourth-order valence-corrected chi connectivity index (χ4v) is 1.96. The van der Waals surface area contributed by atoms with E-state index in [1.54, 1.807) is 0 Å². The number of hydrogen-bond acceptors (Lipinski definition) is 3. The second-order valence-electron chi connectivity index (χ2n) is 4.84. The van der Waals surface area contributed by atoms with Gasteiger partial charge in [-0.15, -0.1) is 0 Å². The summed E-state index contributed by atoms with van der Waals surface area (Å²) in [5, 5.41) is 3.30. The van der Waals surface area contributed by atoms with Crippen LogP contribution in [0.4, 0.5) is 8.78 Å². The number of benzene rings is 1. The van der Waals surface area contributed by atoms with E-state index in [-0.39, 0.29) is 12.4 Å². The van der Waals surface area contributed by atoms with Gasteiger partial charge in [0.2, 0.25) is 0 Å². The van der Waals surface area contributed by atoms with E-state index >= 15 is 0 Å². The van der Waals surface area contributed by atoms with E-state index in [4.69, 9.17) is 9.15 Å². The molecule has 0 aliphatic rings. The smallest absolute Gasteiger partial charge is 0.162 e. The summed E-state index contributed by atoms with van der Waals surface area (Å²) in [7, 11) is 0. The van der Waals surface area contributed by atoms with Crippen LogP contribution in [0.15, 0.2) is 28.7 Å². The summed E-state index contributed by atoms with van der Waals surface area (Å²) in [6.07, 6.45) is 1.07. The third-order valence-corrected chi connectivity index (χ3v) is 3.09. The second kappa shape index (κ2) is 7.22. The summed E-state index contributed by atoms with van der Waals surface area (Å²) >= 11 is 0. The third-order valence-electron chi connectivity index (χ3n) is 3.09. The summed E-state index contributed by atoms with van der Waals surface area (Å²) in [5.74, 6) is -0.0466. The van der Waals surface area contributed by atoms with Gasteiger partial charge in [0, 0.05) is 18.2 Å². The first-order chi connectivity index (χ1) is 10.1. The summed E-state index contributed by atoms with van der Waals surface area (Å²) in [6.45, 7) is 5.87. The molecule has 5 heteroatoms. The van der Waals surface area contributed by atoms with Gasteiger partial charge in [-0.1, -0.05) is 6.92 Å². The highest BCUT2D eigenvalue weighted by atomic mass is 19.2. The van der Waals surface area contributed by atoms with Crippen molar-refractivity contribution in [1.82, 2.24) is 5.32 Å². The summed E-state index contributed by atoms with van der Waals surface area (Å²) < 4.78 is 36.9. The Morgan fingerprint density at radius 1 is 1.19 bits per heavy atom. The van der Waals surface area contributed by atoms with Crippen molar-refractivity contribution in [3.8, 4) is 5.75 Å². The van der Waals surface area contributed by atoms with Gasteiger partial charge >= 0.3 is 0 Å². The van der Waals surface area contributed by atoms with Crippen LogP contribution in [0.1, 0.15) is 30.4 Å². The SMILES string of the molecule is CCCNCc1cc(COc2ccc(F)c(F)c2)oc1C. The van der Waals surface area contributed by atoms with Crippen molar-refractivity contribution < 1.29 is 17.9 Å². The molecular weight excluding hydrogens is 276 g/mol. The van der Waals surface area contributed by atoms with Crippen molar-refractivity contribution in [3.63, 3.8) is 0 Å². The van der Waals surface area contributed by atoms with Crippen LogP contribution in [0.2, 0.25) is 0 Å². The van der Waals surface area contributed by atoms with Gasteiger partial charge in [-0.3, -0.25) is 0 Å². The fourth-order valence-electron chi connectivity index (χ4n) is 1.96. The Kier molecular flexibility index (Phi) is 5.33. The number of ether oxygens (including phenoxy) is 1. The first-order valence-electron chi connectivity index (χ1n) is 6.97. The molecule has 0 aliphatic carbocycles. The van der Waals surface area contributed by atoms with E-state index < -0.39 is 11.6 Å². The lowest BCUT2D eigenvalue weighted by atomic mass is 10.2. The predicted octanol–water partition coefficient (Wildman–Crippen LogP) is 3.94. The number of halogens is 2. The average Bonchev–Trinajstić information content (AvgIpc) is 2.81. The molecule has 1 aromatic heterocycles. The van der Waals surface area contributed by atoms with Gasteiger partial charge in [-0.2, -0.15) is 0 Å². The first kappa shape index (κ1) is 15.5. The molecule has 0 saturated carbocycles. The van der Waals surface area contributed by atoms with Gasteiger partial charge in [0.05, 0.1) is 0 Å². The van der Waals surface area contributed by atoms with Crippen molar-refractivity contribution in [3.05, 3.63) is 53.0 Å². The molecule has 1 heterocycles. The average molecular weight is 295 g/mol. The molecular formula is C16H19F2NO2. The molecule has 0 atom stereocenters. The normalized spacial score (nSPS) is 10.9. The molecule has 0 unspecified atom stereocenters. The molecule has 114 valence electrons. The van der Waals surface area contributed by atoms with Crippen LogP contribution in [-0.4, -0.2) is 6.54 Å². The Morgan fingerprint density at radius 2 is 2.00 bits per heavy atom. The highest BCUT2D eigenvalue weighted by Crippen LogP contribution is 2.19. The van der Waals surface area contributed by atoms with Crippen molar-refractivity contribution >= 4 is 0 Å². The summed E-state index contributed by atoms with van der Waals surface area (Å²) in [4.78, 5) is 0. The molecule has 1 N–H and O–H groups in total. The quantitative estimate of drug-likeness (QED) is 0.786. The predicted molar refractivity (Wildman–Crippen MR) is 76.1 cm³/mol. The molecule has 0 amide bonds. The van der Waals surface area contributed by atoms with Gasteiger partial charge < -0.3 is 14.5 Å². The van der Waals surface area contributed by atoms with E-state index in [0.717, 1.165) is 43.0 Å². The second-order valence-corrected chi connectivity index (χ2v) is 4.84. The minimum atomic E-state index is -0.924. The standard InChI is InChI=1S/C16H19F2NO2/c1-3-6-19-9-12-7-14(21-11(12)2)10-20-13-4-5-15(17)16(18)8-13/h4-5,7-8,19H,3,6,9-10H2,1-2H3. The van der Waals surface area contributed by atoms with E-state index in [0.29, 0.717) is 5.76 Å². The number of rotatable bonds is 7. The van der Waals surface area contributed by atoms with Gasteiger partial charge in [0.1, 0.15) is 23.9 Å². The van der Waals surface area contributed by atoms with Gasteiger partial charge in [0.15, 0.2) is 11.6 Å². The van der Waals surface area contributed by atoms with Gasteiger partial charge in [-0.25, -0.2) is 8.78 Å². The molecule has 0 aliphatic heterocycles. The lowest BCUT2D eigenvalue weighted by molar-refractivity contribution is 0.265. The largest absolute Gasteiger partial charge is 0.486 e. The Labute approximate surface area is 122 Å². The van der Waals surface area contributed by atoms with Crippen LogP contribution >= 0.6 is 0 Å². The van der Waals surface area contributed by atoms with E-state index in [1.807, 2.05) is 13.0 Å². The zero-order valence-corrected chi connectivity index (χ0v) is 12.2. The van der Waals surface area contributed by atoms with Crippen LogP contribution < -0.4 is 10.1 Å². The van der Waals surface area contributed by atoms with Crippen LogP contribution in [0, 0.1) is 18.6 Å². The summed E-state index contributed by atoms with van der Waals surface area (Å²) in [6, 6.07) is 5.36. The lowest BCUT2D eigenvalue weighted by Crippen LogP contribution is -2.13. The van der Waals surface area contributed by atoms with Crippen LogP contribution in [0.25, 0.3) is 0 Å². The van der Waals surface area contributed by atoms with Gasteiger partial charge in [-0.05, 0) is 38.1 Å². The minimum absolute atomic E-state index is 0.180. The number of nitrogens with one attached hydrogen (secondary N) is 1. The number of furan rings is 1. The molecule has 0 saturated heterocycles. The van der Waals surface area contributed by atoms with Crippen molar-refractivity contribution in [2.75, 3.05) is 6.54 Å². The van der Waals surface area contributed by atoms with E-state index in [9.17, 15) is 8.78 Å². The molecule has 1 aromatic carbocycles. The molecule has 0 spiro atoms. The van der Waals surface area contributed by atoms with Gasteiger partial charge in [0.25, 0.3) is 0 Å². The number of hydrogen-bond donors (Lipinski definition) is 1. The molecule has 21 heavy (non-hydrogen) atoms. The molecule has 2 aromatic rings. The van der Waals surface area contributed by atoms with Crippen LogP contribution in [0.5, 0.6) is 5.75 Å². The maximum absolute atomic E-state index is 13.1. The zero-order chi connectivity index (χ0) is 15.2. The first-order valence-corrected chi connectivity index (χ1v) is 6.97. The fraction of sp³-hybridized carbons (Fsp3) is 0.375. The van der Waals surface area contributed by atoms with E-state index in [2.05, 4.69) is 12.2 Å². The monoisotopic (exact) mass is 295 g/mol. The van der Waals surface area contributed by atoms with Crippen LogP contribution in [0.3, 0.4) is 0 Å². The molecule has 0 radical (unpaired) electrons. The van der Waals surface area contributed by atoms with Crippen molar-refractivity contribution in [2.45, 2.75) is 33.4 Å². The van der Waals surface area contributed by atoms with Crippen molar-refractivity contribution in [1.29, 1.82) is 0 Å². The molecule has 0 bridgehead atoms. The topological polar surface area (TPSA) is 34.4 Å². The van der Waals surface area contributed by atoms with Crippen molar-refractivity contribution in [2.24, 2.45) is 0 Å². The highest BCUT2D eigenvalue weighted by Gasteiger charge is 2.09. The maximum atomic E-state index is 13.1. The third kappa shape index (κ3) is 4.29. The Morgan fingerprint density at radius 3 is 2.71 bits per heavy atom. The lowest BCUT2D eigenvalue weighted by Gasteiger charge is -2.04.